The van der Waals surface area contributed by atoms with Crippen molar-refractivity contribution >= 4 is 17.7 Å². The maximum atomic E-state index is 12.1. The first-order valence-electron chi connectivity index (χ1n) is 6.95. The minimum absolute atomic E-state index is 0.170. The summed E-state index contributed by atoms with van der Waals surface area (Å²) in [6.45, 7) is 3.69. The number of ether oxygens (including phenoxy) is 1. The van der Waals surface area contributed by atoms with Crippen LogP contribution in [-0.4, -0.2) is 12.0 Å². The van der Waals surface area contributed by atoms with Gasteiger partial charge in [0.05, 0.1) is 0 Å². The van der Waals surface area contributed by atoms with Gasteiger partial charge in [0.15, 0.2) is 6.10 Å². The van der Waals surface area contributed by atoms with Gasteiger partial charge in [-0.25, -0.2) is 0 Å². The molecular formula is C18H19NO2. The average Bonchev–Trinajstić information content (AvgIpc) is 2.50. The average molecular weight is 281 g/mol. The van der Waals surface area contributed by atoms with Crippen LogP contribution in [0, 0.1) is 0 Å². The molecule has 2 aromatic rings. The van der Waals surface area contributed by atoms with Crippen molar-refractivity contribution in [2.75, 3.05) is 5.32 Å². The highest BCUT2D eigenvalue weighted by Crippen LogP contribution is 2.21. The standard InChI is InChI=1S/C18H19NO2/c1-3-9-15-10-7-8-13-17(15)21-14(2)18(20)19-16-11-5-4-6-12-16/h3-14H,1-2H3,(H,19,20)/b9-3+. The fraction of sp³-hybridized carbons (Fsp3) is 0.167. The SMILES string of the molecule is C/C=C/c1ccccc1OC(C)C(=O)Nc1ccccc1. The molecule has 0 saturated carbocycles. The van der Waals surface area contributed by atoms with E-state index in [-0.39, 0.29) is 5.91 Å². The third kappa shape index (κ3) is 4.21. The van der Waals surface area contributed by atoms with Crippen LogP contribution in [0.4, 0.5) is 5.69 Å². The molecule has 0 radical (unpaired) electrons. The number of benzene rings is 2. The van der Waals surface area contributed by atoms with Crippen LogP contribution >= 0.6 is 0 Å². The fourth-order valence-corrected chi connectivity index (χ4v) is 1.91. The number of hydrogen-bond donors (Lipinski definition) is 1. The van der Waals surface area contributed by atoms with E-state index < -0.39 is 6.10 Å². The van der Waals surface area contributed by atoms with Gasteiger partial charge in [-0.2, -0.15) is 0 Å². The molecule has 0 saturated heterocycles. The molecule has 3 heteroatoms. The molecule has 0 aliphatic heterocycles. The first kappa shape index (κ1) is 14.9. The minimum Gasteiger partial charge on any atom is -0.480 e. The molecule has 3 nitrogen and oxygen atoms in total. The Hall–Kier alpha value is -2.55. The normalized spacial score (nSPS) is 12.1. The number of para-hydroxylation sites is 2. The van der Waals surface area contributed by atoms with E-state index in [4.69, 9.17) is 4.74 Å². The minimum atomic E-state index is -0.573. The van der Waals surface area contributed by atoms with Crippen LogP contribution in [0.3, 0.4) is 0 Å². The predicted octanol–water partition coefficient (Wildman–Crippen LogP) is 4.13. The first-order chi connectivity index (χ1) is 10.2. The number of carbonyl (C=O) groups is 1. The van der Waals surface area contributed by atoms with Crippen LogP contribution in [-0.2, 0) is 4.79 Å². The summed E-state index contributed by atoms with van der Waals surface area (Å²) in [6.07, 6.45) is 3.32. The quantitative estimate of drug-likeness (QED) is 0.895. The van der Waals surface area contributed by atoms with Gasteiger partial charge in [0.25, 0.3) is 5.91 Å². The van der Waals surface area contributed by atoms with Gasteiger partial charge in [-0.3, -0.25) is 4.79 Å². The van der Waals surface area contributed by atoms with Crippen molar-refractivity contribution in [3.05, 3.63) is 66.2 Å². The van der Waals surface area contributed by atoms with Crippen molar-refractivity contribution in [1.29, 1.82) is 0 Å². The molecule has 2 rings (SSSR count). The van der Waals surface area contributed by atoms with E-state index in [2.05, 4.69) is 5.32 Å². The monoisotopic (exact) mass is 281 g/mol. The van der Waals surface area contributed by atoms with E-state index >= 15 is 0 Å². The number of rotatable bonds is 5. The summed E-state index contributed by atoms with van der Waals surface area (Å²) in [5.74, 6) is 0.530. The van der Waals surface area contributed by atoms with Gasteiger partial charge in [-0.05, 0) is 32.0 Å². The van der Waals surface area contributed by atoms with Gasteiger partial charge < -0.3 is 10.1 Å². The van der Waals surface area contributed by atoms with Crippen LogP contribution < -0.4 is 10.1 Å². The lowest BCUT2D eigenvalue weighted by atomic mass is 10.2. The van der Waals surface area contributed by atoms with Crippen LogP contribution in [0.25, 0.3) is 6.08 Å². The molecule has 21 heavy (non-hydrogen) atoms. The number of carbonyl (C=O) groups excluding carboxylic acids is 1. The largest absolute Gasteiger partial charge is 0.480 e. The van der Waals surface area contributed by atoms with Gasteiger partial charge in [-0.15, -0.1) is 0 Å². The Morgan fingerprint density at radius 1 is 1.10 bits per heavy atom. The molecule has 1 N–H and O–H groups in total. The zero-order valence-corrected chi connectivity index (χ0v) is 12.2. The number of hydrogen-bond acceptors (Lipinski definition) is 2. The zero-order chi connectivity index (χ0) is 15.1. The van der Waals surface area contributed by atoms with E-state index in [9.17, 15) is 4.79 Å². The lowest BCUT2D eigenvalue weighted by molar-refractivity contribution is -0.122. The van der Waals surface area contributed by atoms with Gasteiger partial charge in [0, 0.05) is 11.3 Å². The number of anilines is 1. The Morgan fingerprint density at radius 2 is 1.76 bits per heavy atom. The summed E-state index contributed by atoms with van der Waals surface area (Å²) in [5, 5.41) is 2.83. The molecule has 0 fully saturated rings. The Morgan fingerprint density at radius 3 is 2.48 bits per heavy atom. The van der Waals surface area contributed by atoms with Gasteiger partial charge in [0.2, 0.25) is 0 Å². The molecule has 0 aliphatic carbocycles. The van der Waals surface area contributed by atoms with Crippen molar-refractivity contribution in [2.24, 2.45) is 0 Å². The predicted molar refractivity (Wildman–Crippen MR) is 86.3 cm³/mol. The van der Waals surface area contributed by atoms with E-state index in [0.717, 1.165) is 11.3 Å². The Balaban J connectivity index is 2.04. The molecule has 1 atom stereocenters. The van der Waals surface area contributed by atoms with Crippen molar-refractivity contribution in [2.45, 2.75) is 20.0 Å². The highest BCUT2D eigenvalue weighted by atomic mass is 16.5. The van der Waals surface area contributed by atoms with Crippen molar-refractivity contribution in [1.82, 2.24) is 0 Å². The topological polar surface area (TPSA) is 38.3 Å². The summed E-state index contributed by atoms with van der Waals surface area (Å²) >= 11 is 0. The van der Waals surface area contributed by atoms with Crippen molar-refractivity contribution in [3.8, 4) is 5.75 Å². The summed E-state index contributed by atoms with van der Waals surface area (Å²) in [7, 11) is 0. The molecule has 0 spiro atoms. The highest BCUT2D eigenvalue weighted by molar-refractivity contribution is 5.94. The van der Waals surface area contributed by atoms with E-state index in [1.165, 1.54) is 0 Å². The second kappa shape index (κ2) is 7.29. The summed E-state index contributed by atoms with van der Waals surface area (Å²) in [5.41, 5.74) is 1.72. The van der Waals surface area contributed by atoms with Crippen molar-refractivity contribution in [3.63, 3.8) is 0 Å². The van der Waals surface area contributed by atoms with Crippen molar-refractivity contribution < 1.29 is 9.53 Å². The number of allylic oxidation sites excluding steroid dienone is 1. The van der Waals surface area contributed by atoms with E-state index in [1.807, 2.05) is 73.7 Å². The maximum absolute atomic E-state index is 12.1. The fourth-order valence-electron chi connectivity index (χ4n) is 1.91. The highest BCUT2D eigenvalue weighted by Gasteiger charge is 2.15. The molecule has 0 bridgehead atoms. The first-order valence-corrected chi connectivity index (χ1v) is 6.95. The summed E-state index contributed by atoms with van der Waals surface area (Å²) < 4.78 is 5.77. The van der Waals surface area contributed by atoms with E-state index in [1.54, 1.807) is 6.92 Å². The molecule has 1 unspecified atom stereocenters. The zero-order valence-electron chi connectivity index (χ0n) is 12.2. The van der Waals surface area contributed by atoms with Crippen LogP contribution in [0.5, 0.6) is 5.75 Å². The van der Waals surface area contributed by atoms with E-state index in [0.29, 0.717) is 5.75 Å². The Labute approximate surface area is 125 Å². The van der Waals surface area contributed by atoms with Gasteiger partial charge in [-0.1, -0.05) is 48.6 Å². The lowest BCUT2D eigenvalue weighted by Crippen LogP contribution is -2.30. The Bertz CT molecular complexity index is 620. The molecule has 2 aromatic carbocycles. The maximum Gasteiger partial charge on any atom is 0.265 e. The molecule has 108 valence electrons. The molecule has 0 aliphatic rings. The molecule has 1 amide bonds. The third-order valence-corrected chi connectivity index (χ3v) is 2.98. The van der Waals surface area contributed by atoms with Crippen LogP contribution in [0.15, 0.2) is 60.7 Å². The second-order valence-electron chi connectivity index (χ2n) is 4.65. The molecule has 0 heterocycles. The van der Waals surface area contributed by atoms with Crippen LogP contribution in [0.1, 0.15) is 19.4 Å². The number of nitrogens with one attached hydrogen (secondary N) is 1. The smallest absolute Gasteiger partial charge is 0.265 e. The summed E-state index contributed by atoms with van der Waals surface area (Å²) in [4.78, 5) is 12.1. The second-order valence-corrected chi connectivity index (χ2v) is 4.65. The third-order valence-electron chi connectivity index (χ3n) is 2.98. The van der Waals surface area contributed by atoms with Crippen LogP contribution in [0.2, 0.25) is 0 Å². The Kier molecular flexibility index (Phi) is 5.16. The summed E-state index contributed by atoms with van der Waals surface area (Å²) in [6, 6.07) is 17.0. The molecular weight excluding hydrogens is 262 g/mol. The lowest BCUT2D eigenvalue weighted by Gasteiger charge is -2.16. The molecule has 0 aromatic heterocycles. The van der Waals surface area contributed by atoms with Gasteiger partial charge in [0.1, 0.15) is 5.75 Å². The van der Waals surface area contributed by atoms with Gasteiger partial charge >= 0.3 is 0 Å². The number of amides is 1.